The molecule has 0 radical (unpaired) electrons. The van der Waals surface area contributed by atoms with Gasteiger partial charge in [-0.3, -0.25) is 0 Å². The van der Waals surface area contributed by atoms with Gasteiger partial charge >= 0.3 is 0 Å². The van der Waals surface area contributed by atoms with Crippen molar-refractivity contribution >= 4 is 21.6 Å². The number of benzene rings is 1. The topological polar surface area (TPSA) is 21.3 Å². The summed E-state index contributed by atoms with van der Waals surface area (Å²) in [4.78, 5) is 0. The quantitative estimate of drug-likeness (QED) is 0.889. The summed E-state index contributed by atoms with van der Waals surface area (Å²) < 4.78 is 6.48. The summed E-state index contributed by atoms with van der Waals surface area (Å²) in [7, 11) is 0. The zero-order valence-corrected chi connectivity index (χ0v) is 10.5. The number of rotatable bonds is 2. The molecule has 15 heavy (non-hydrogen) atoms. The molecule has 0 saturated carbocycles. The molecular weight excluding hydrogens is 254 g/mol. The van der Waals surface area contributed by atoms with Crippen LogP contribution < -0.4 is 5.32 Å². The van der Waals surface area contributed by atoms with Crippen LogP contribution in [0.15, 0.2) is 22.7 Å². The second-order valence-corrected chi connectivity index (χ2v) is 4.91. The third-order valence-electron chi connectivity index (χ3n) is 2.77. The van der Waals surface area contributed by atoms with Gasteiger partial charge in [-0.1, -0.05) is 15.9 Å². The minimum absolute atomic E-state index is 0.568. The standard InChI is InChI=1S/C12H16BrNO/c1-9-8-10(13)2-3-12(9)14-11-4-6-15-7-5-11/h2-3,8,11,14H,4-7H2,1H3. The van der Waals surface area contributed by atoms with Crippen LogP contribution in [0, 0.1) is 6.92 Å². The maximum Gasteiger partial charge on any atom is 0.0485 e. The minimum atomic E-state index is 0.568. The van der Waals surface area contributed by atoms with E-state index in [0.717, 1.165) is 30.5 Å². The first-order chi connectivity index (χ1) is 7.25. The smallest absolute Gasteiger partial charge is 0.0485 e. The van der Waals surface area contributed by atoms with Crippen molar-refractivity contribution in [3.05, 3.63) is 28.2 Å². The molecule has 1 aromatic rings. The van der Waals surface area contributed by atoms with Crippen LogP contribution in [0.3, 0.4) is 0 Å². The lowest BCUT2D eigenvalue weighted by atomic mass is 10.1. The first-order valence-corrected chi connectivity index (χ1v) is 6.15. The molecule has 0 aliphatic carbocycles. The van der Waals surface area contributed by atoms with Crippen LogP contribution in [0.1, 0.15) is 18.4 Å². The van der Waals surface area contributed by atoms with Gasteiger partial charge in [0.2, 0.25) is 0 Å². The fourth-order valence-corrected chi connectivity index (χ4v) is 2.33. The highest BCUT2D eigenvalue weighted by molar-refractivity contribution is 9.10. The molecule has 0 amide bonds. The zero-order valence-electron chi connectivity index (χ0n) is 8.92. The van der Waals surface area contributed by atoms with E-state index in [1.54, 1.807) is 0 Å². The van der Waals surface area contributed by atoms with E-state index in [1.165, 1.54) is 11.3 Å². The zero-order chi connectivity index (χ0) is 10.7. The van der Waals surface area contributed by atoms with E-state index in [-0.39, 0.29) is 0 Å². The molecule has 3 heteroatoms. The highest BCUT2D eigenvalue weighted by Crippen LogP contribution is 2.22. The summed E-state index contributed by atoms with van der Waals surface area (Å²) in [5.74, 6) is 0. The Balaban J connectivity index is 2.03. The van der Waals surface area contributed by atoms with Gasteiger partial charge in [0.25, 0.3) is 0 Å². The Morgan fingerprint density at radius 3 is 2.73 bits per heavy atom. The van der Waals surface area contributed by atoms with Gasteiger partial charge in [-0.15, -0.1) is 0 Å². The van der Waals surface area contributed by atoms with Gasteiger partial charge in [0.15, 0.2) is 0 Å². The molecule has 1 saturated heterocycles. The van der Waals surface area contributed by atoms with Gasteiger partial charge in [0.05, 0.1) is 0 Å². The van der Waals surface area contributed by atoms with E-state index < -0.39 is 0 Å². The normalized spacial score (nSPS) is 17.7. The third-order valence-corrected chi connectivity index (χ3v) is 3.26. The Bertz CT molecular complexity index is 334. The predicted octanol–water partition coefficient (Wildman–Crippen LogP) is 3.35. The van der Waals surface area contributed by atoms with Gasteiger partial charge in [0, 0.05) is 29.4 Å². The Labute approximate surface area is 99.1 Å². The molecule has 0 spiro atoms. The Hall–Kier alpha value is -0.540. The molecule has 82 valence electrons. The number of hydrogen-bond acceptors (Lipinski definition) is 2. The Kier molecular flexibility index (Phi) is 3.65. The molecule has 1 N–H and O–H groups in total. The van der Waals surface area contributed by atoms with E-state index in [0.29, 0.717) is 6.04 Å². The van der Waals surface area contributed by atoms with Crippen molar-refractivity contribution in [2.24, 2.45) is 0 Å². The van der Waals surface area contributed by atoms with Crippen LogP contribution in [-0.4, -0.2) is 19.3 Å². The maximum absolute atomic E-state index is 5.34. The van der Waals surface area contributed by atoms with Crippen molar-refractivity contribution < 1.29 is 4.74 Å². The Morgan fingerprint density at radius 2 is 2.07 bits per heavy atom. The average Bonchev–Trinajstić information content (AvgIpc) is 2.24. The molecule has 1 aromatic carbocycles. The molecule has 1 heterocycles. The van der Waals surface area contributed by atoms with Gasteiger partial charge in [-0.25, -0.2) is 0 Å². The van der Waals surface area contributed by atoms with Gasteiger partial charge in [0.1, 0.15) is 0 Å². The molecule has 2 rings (SSSR count). The summed E-state index contributed by atoms with van der Waals surface area (Å²) in [6.07, 6.45) is 2.21. The monoisotopic (exact) mass is 269 g/mol. The second kappa shape index (κ2) is 4.99. The molecule has 1 aliphatic heterocycles. The number of hydrogen-bond donors (Lipinski definition) is 1. The first-order valence-electron chi connectivity index (χ1n) is 5.36. The largest absolute Gasteiger partial charge is 0.382 e. The first kappa shape index (κ1) is 11.0. The predicted molar refractivity (Wildman–Crippen MR) is 66.3 cm³/mol. The van der Waals surface area contributed by atoms with Gasteiger partial charge in [-0.05, 0) is 43.5 Å². The number of halogens is 1. The fraction of sp³-hybridized carbons (Fsp3) is 0.500. The summed E-state index contributed by atoms with van der Waals surface area (Å²) in [5.41, 5.74) is 2.53. The van der Waals surface area contributed by atoms with E-state index in [4.69, 9.17) is 4.74 Å². The van der Waals surface area contributed by atoms with Crippen molar-refractivity contribution in [2.45, 2.75) is 25.8 Å². The molecule has 0 bridgehead atoms. The lowest BCUT2D eigenvalue weighted by Gasteiger charge is -2.25. The van der Waals surface area contributed by atoms with Crippen molar-refractivity contribution in [2.75, 3.05) is 18.5 Å². The van der Waals surface area contributed by atoms with Crippen LogP contribution in [0.2, 0.25) is 0 Å². The van der Waals surface area contributed by atoms with Crippen molar-refractivity contribution in [1.82, 2.24) is 0 Å². The fourth-order valence-electron chi connectivity index (χ4n) is 1.85. The second-order valence-electron chi connectivity index (χ2n) is 3.99. The van der Waals surface area contributed by atoms with Crippen LogP contribution in [-0.2, 0) is 4.74 Å². The minimum Gasteiger partial charge on any atom is -0.382 e. The average molecular weight is 270 g/mol. The number of nitrogens with one attached hydrogen (secondary N) is 1. The van der Waals surface area contributed by atoms with Crippen LogP contribution in [0.5, 0.6) is 0 Å². The number of aryl methyl sites for hydroxylation is 1. The molecule has 0 atom stereocenters. The summed E-state index contributed by atoms with van der Waals surface area (Å²) in [6, 6.07) is 6.92. The van der Waals surface area contributed by atoms with Crippen molar-refractivity contribution in [1.29, 1.82) is 0 Å². The number of ether oxygens (including phenoxy) is 1. The summed E-state index contributed by atoms with van der Waals surface area (Å²) in [5, 5.41) is 3.58. The van der Waals surface area contributed by atoms with Crippen LogP contribution in [0.25, 0.3) is 0 Å². The molecular formula is C12H16BrNO. The molecule has 2 nitrogen and oxygen atoms in total. The molecule has 0 unspecified atom stereocenters. The SMILES string of the molecule is Cc1cc(Br)ccc1NC1CCOCC1. The van der Waals surface area contributed by atoms with E-state index >= 15 is 0 Å². The van der Waals surface area contributed by atoms with Gasteiger partial charge < -0.3 is 10.1 Å². The van der Waals surface area contributed by atoms with Gasteiger partial charge in [-0.2, -0.15) is 0 Å². The van der Waals surface area contributed by atoms with Crippen LogP contribution in [0.4, 0.5) is 5.69 Å². The van der Waals surface area contributed by atoms with E-state index in [2.05, 4.69) is 46.4 Å². The lowest BCUT2D eigenvalue weighted by Crippen LogP contribution is -2.28. The highest BCUT2D eigenvalue weighted by Gasteiger charge is 2.13. The summed E-state index contributed by atoms with van der Waals surface area (Å²) in [6.45, 7) is 3.90. The summed E-state index contributed by atoms with van der Waals surface area (Å²) >= 11 is 3.47. The van der Waals surface area contributed by atoms with Crippen molar-refractivity contribution in [3.8, 4) is 0 Å². The molecule has 1 fully saturated rings. The highest BCUT2D eigenvalue weighted by atomic mass is 79.9. The van der Waals surface area contributed by atoms with Crippen molar-refractivity contribution in [3.63, 3.8) is 0 Å². The maximum atomic E-state index is 5.34. The molecule has 1 aliphatic rings. The van der Waals surface area contributed by atoms with Crippen LogP contribution >= 0.6 is 15.9 Å². The number of anilines is 1. The lowest BCUT2D eigenvalue weighted by molar-refractivity contribution is 0.0904. The third kappa shape index (κ3) is 2.95. The van der Waals surface area contributed by atoms with E-state index in [1.807, 2.05) is 0 Å². The molecule has 0 aromatic heterocycles. The van der Waals surface area contributed by atoms with E-state index in [9.17, 15) is 0 Å². The Morgan fingerprint density at radius 1 is 1.33 bits per heavy atom.